The summed E-state index contributed by atoms with van der Waals surface area (Å²) >= 11 is 0. The topological polar surface area (TPSA) is 63.5 Å². The number of benzene rings is 1. The van der Waals surface area contributed by atoms with Crippen molar-refractivity contribution in [3.8, 4) is 11.1 Å². The van der Waals surface area contributed by atoms with Crippen LogP contribution in [0.1, 0.15) is 36.2 Å². The van der Waals surface area contributed by atoms with E-state index in [0.717, 1.165) is 56.9 Å². The number of nitrogens with zero attached hydrogens (tertiary/aromatic N) is 5. The van der Waals surface area contributed by atoms with Crippen LogP contribution in [0.15, 0.2) is 42.7 Å². The Bertz CT molecular complexity index is 1170. The predicted octanol–water partition coefficient (Wildman–Crippen LogP) is 3.51. The minimum Gasteiger partial charge on any atom is -0.377 e. The molecule has 7 heteroatoms. The van der Waals surface area contributed by atoms with E-state index in [9.17, 15) is 4.79 Å². The van der Waals surface area contributed by atoms with Gasteiger partial charge in [-0.05, 0) is 47.7 Å². The molecule has 32 heavy (non-hydrogen) atoms. The summed E-state index contributed by atoms with van der Waals surface area (Å²) in [5, 5.41) is 5.13. The van der Waals surface area contributed by atoms with Crippen LogP contribution in [-0.2, 0) is 28.9 Å². The molecule has 1 amide bonds. The van der Waals surface area contributed by atoms with Crippen LogP contribution in [0.2, 0.25) is 0 Å². The standard InChI is InChI=1S/C25H27N5O2/c1-17(31)28-11-8-24-22(14-28)25(27-30(24)21-15-32-16-21)29-10-3-5-19-12-18(6-7-23(19)29)20-4-2-9-26-13-20/h2,4,6-7,9,12-13,21H,3,5,8,10-11,14-16H2,1H3. The summed E-state index contributed by atoms with van der Waals surface area (Å²) < 4.78 is 7.65. The molecule has 5 heterocycles. The van der Waals surface area contributed by atoms with Gasteiger partial charge in [0.1, 0.15) is 0 Å². The van der Waals surface area contributed by atoms with Crippen molar-refractivity contribution in [2.24, 2.45) is 0 Å². The molecule has 1 saturated heterocycles. The summed E-state index contributed by atoms with van der Waals surface area (Å²) in [4.78, 5) is 20.7. The molecule has 1 aromatic carbocycles. The zero-order chi connectivity index (χ0) is 21.7. The van der Waals surface area contributed by atoms with E-state index in [2.05, 4.69) is 38.8 Å². The van der Waals surface area contributed by atoms with Crippen molar-refractivity contribution in [2.45, 2.75) is 38.8 Å². The average molecular weight is 430 g/mol. The Morgan fingerprint density at radius 1 is 1.12 bits per heavy atom. The lowest BCUT2D eigenvalue weighted by atomic mass is 9.96. The number of rotatable bonds is 3. The molecule has 7 nitrogen and oxygen atoms in total. The zero-order valence-electron chi connectivity index (χ0n) is 18.3. The minimum atomic E-state index is 0.126. The molecule has 3 aliphatic rings. The number of aryl methyl sites for hydroxylation is 1. The summed E-state index contributed by atoms with van der Waals surface area (Å²) in [7, 11) is 0. The van der Waals surface area contributed by atoms with Gasteiger partial charge in [0.15, 0.2) is 5.82 Å². The first kappa shape index (κ1) is 19.5. The molecule has 0 saturated carbocycles. The maximum atomic E-state index is 12.1. The van der Waals surface area contributed by atoms with Crippen molar-refractivity contribution in [1.29, 1.82) is 0 Å². The van der Waals surface area contributed by atoms with Gasteiger partial charge in [0.05, 0.1) is 25.8 Å². The summed E-state index contributed by atoms with van der Waals surface area (Å²) in [6.07, 6.45) is 6.70. The fourth-order valence-corrected chi connectivity index (χ4v) is 5.11. The Labute approximate surface area is 187 Å². The number of pyridine rings is 1. The van der Waals surface area contributed by atoms with Gasteiger partial charge in [-0.15, -0.1) is 0 Å². The molecule has 0 unspecified atom stereocenters. The lowest BCUT2D eigenvalue weighted by Crippen LogP contribution is -2.37. The van der Waals surface area contributed by atoms with Crippen LogP contribution >= 0.6 is 0 Å². The third-order valence-corrected chi connectivity index (χ3v) is 6.93. The first-order chi connectivity index (χ1) is 15.7. The fourth-order valence-electron chi connectivity index (χ4n) is 5.11. The van der Waals surface area contributed by atoms with Gasteiger partial charge in [-0.2, -0.15) is 5.10 Å². The second kappa shape index (κ2) is 7.74. The number of hydrogen-bond acceptors (Lipinski definition) is 5. The maximum Gasteiger partial charge on any atom is 0.219 e. The molecule has 0 spiro atoms. The summed E-state index contributed by atoms with van der Waals surface area (Å²) in [6, 6.07) is 11.1. The smallest absolute Gasteiger partial charge is 0.219 e. The van der Waals surface area contributed by atoms with Gasteiger partial charge >= 0.3 is 0 Å². The Morgan fingerprint density at radius 2 is 2.03 bits per heavy atom. The highest BCUT2D eigenvalue weighted by Crippen LogP contribution is 2.40. The Hall–Kier alpha value is -3.19. The normalized spacial score (nSPS) is 18.2. The number of carbonyl (C=O) groups excluding carboxylic acids is 1. The molecule has 164 valence electrons. The van der Waals surface area contributed by atoms with Crippen molar-refractivity contribution in [2.75, 3.05) is 31.2 Å². The molecule has 2 aromatic heterocycles. The molecule has 0 aliphatic carbocycles. The van der Waals surface area contributed by atoms with E-state index < -0.39 is 0 Å². The number of ether oxygens (including phenoxy) is 1. The Kier molecular flexibility index (Phi) is 4.72. The number of fused-ring (bicyclic) bond motifs is 2. The molecule has 0 radical (unpaired) electrons. The average Bonchev–Trinajstić information content (AvgIpc) is 3.16. The molecule has 1 fully saturated rings. The molecule has 0 bridgehead atoms. The minimum absolute atomic E-state index is 0.126. The zero-order valence-corrected chi connectivity index (χ0v) is 18.3. The highest BCUT2D eigenvalue weighted by molar-refractivity contribution is 5.76. The lowest BCUT2D eigenvalue weighted by molar-refractivity contribution is -0.129. The molecule has 0 atom stereocenters. The van der Waals surface area contributed by atoms with Gasteiger partial charge < -0.3 is 14.5 Å². The monoisotopic (exact) mass is 429 g/mol. The largest absolute Gasteiger partial charge is 0.377 e. The number of anilines is 2. The van der Waals surface area contributed by atoms with Gasteiger partial charge in [0.25, 0.3) is 0 Å². The van der Waals surface area contributed by atoms with Crippen molar-refractivity contribution < 1.29 is 9.53 Å². The van der Waals surface area contributed by atoms with Crippen molar-refractivity contribution in [3.63, 3.8) is 0 Å². The van der Waals surface area contributed by atoms with E-state index in [1.807, 2.05) is 17.2 Å². The van der Waals surface area contributed by atoms with Crippen LogP contribution < -0.4 is 4.90 Å². The Balaban J connectivity index is 1.42. The molecular formula is C25H27N5O2. The molecule has 6 rings (SSSR count). The fraction of sp³-hybridized carbons (Fsp3) is 0.400. The van der Waals surface area contributed by atoms with Crippen LogP contribution in [0.5, 0.6) is 0 Å². The quantitative estimate of drug-likeness (QED) is 0.638. The third-order valence-electron chi connectivity index (χ3n) is 6.93. The Morgan fingerprint density at radius 3 is 2.78 bits per heavy atom. The van der Waals surface area contributed by atoms with Crippen molar-refractivity contribution in [3.05, 3.63) is 59.5 Å². The van der Waals surface area contributed by atoms with Crippen molar-refractivity contribution >= 4 is 17.4 Å². The number of carbonyl (C=O) groups is 1. The van der Waals surface area contributed by atoms with E-state index in [-0.39, 0.29) is 5.91 Å². The lowest BCUT2D eigenvalue weighted by Gasteiger charge is -2.33. The molecule has 0 N–H and O–H groups in total. The highest BCUT2D eigenvalue weighted by atomic mass is 16.5. The van der Waals surface area contributed by atoms with Gasteiger partial charge in [-0.25, -0.2) is 0 Å². The van der Waals surface area contributed by atoms with E-state index in [0.29, 0.717) is 12.6 Å². The summed E-state index contributed by atoms with van der Waals surface area (Å²) in [6.45, 7) is 5.41. The predicted molar refractivity (Wildman–Crippen MR) is 122 cm³/mol. The number of amides is 1. The van der Waals surface area contributed by atoms with E-state index in [1.54, 1.807) is 13.1 Å². The molecular weight excluding hydrogens is 402 g/mol. The molecule has 3 aromatic rings. The summed E-state index contributed by atoms with van der Waals surface area (Å²) in [5.41, 5.74) is 7.36. The second-order valence-electron chi connectivity index (χ2n) is 8.92. The van der Waals surface area contributed by atoms with E-state index >= 15 is 0 Å². The van der Waals surface area contributed by atoms with Crippen LogP contribution in [0.3, 0.4) is 0 Å². The SMILES string of the molecule is CC(=O)N1CCc2c(c(N3CCCc4cc(-c5cccnc5)ccc43)nn2C2COC2)C1. The highest BCUT2D eigenvalue weighted by Gasteiger charge is 2.34. The van der Waals surface area contributed by atoms with Crippen molar-refractivity contribution in [1.82, 2.24) is 19.7 Å². The summed E-state index contributed by atoms with van der Waals surface area (Å²) in [5.74, 6) is 1.13. The van der Waals surface area contributed by atoms with Crippen LogP contribution in [-0.4, -0.2) is 51.9 Å². The molecule has 3 aliphatic heterocycles. The first-order valence-electron chi connectivity index (χ1n) is 11.4. The van der Waals surface area contributed by atoms with Gasteiger partial charge in [-0.3, -0.25) is 14.5 Å². The van der Waals surface area contributed by atoms with Gasteiger partial charge in [0.2, 0.25) is 5.91 Å². The van der Waals surface area contributed by atoms with E-state index in [4.69, 9.17) is 9.84 Å². The second-order valence-corrected chi connectivity index (χ2v) is 8.92. The van der Waals surface area contributed by atoms with Crippen LogP contribution in [0, 0.1) is 0 Å². The van der Waals surface area contributed by atoms with E-state index in [1.165, 1.54) is 28.1 Å². The third kappa shape index (κ3) is 3.19. The maximum absolute atomic E-state index is 12.1. The van der Waals surface area contributed by atoms with Crippen LogP contribution in [0.25, 0.3) is 11.1 Å². The number of aromatic nitrogens is 3. The first-order valence-corrected chi connectivity index (χ1v) is 11.4. The number of hydrogen-bond donors (Lipinski definition) is 0. The van der Waals surface area contributed by atoms with Gasteiger partial charge in [0, 0.05) is 55.8 Å². The van der Waals surface area contributed by atoms with Gasteiger partial charge in [-0.1, -0.05) is 12.1 Å². The van der Waals surface area contributed by atoms with Crippen LogP contribution in [0.4, 0.5) is 11.5 Å².